The number of alkyl halides is 3. The SMILES string of the molecule is O=C(Cc1cccc(C(F)(F)F)c1F)Nc1cc(F)c(-c2cn(CC3CCC(=O)O3)nn2)c(F)c1. The van der Waals surface area contributed by atoms with Crippen LogP contribution in [0.25, 0.3) is 11.3 Å². The van der Waals surface area contributed by atoms with Crippen LogP contribution in [-0.4, -0.2) is 33.0 Å². The smallest absolute Gasteiger partial charge is 0.419 e. The lowest BCUT2D eigenvalue weighted by Gasteiger charge is -2.12. The maximum Gasteiger partial charge on any atom is 0.419 e. The lowest BCUT2D eigenvalue weighted by molar-refractivity contribution is -0.142. The van der Waals surface area contributed by atoms with Crippen LogP contribution >= 0.6 is 0 Å². The average Bonchev–Trinajstić information content (AvgIpc) is 3.37. The fourth-order valence-corrected chi connectivity index (χ4v) is 3.63. The van der Waals surface area contributed by atoms with E-state index in [4.69, 9.17) is 4.74 Å². The van der Waals surface area contributed by atoms with E-state index in [2.05, 4.69) is 15.6 Å². The molecule has 1 atom stereocenters. The maximum absolute atomic E-state index is 14.7. The summed E-state index contributed by atoms with van der Waals surface area (Å²) in [4.78, 5) is 23.4. The van der Waals surface area contributed by atoms with E-state index in [-0.39, 0.29) is 30.3 Å². The van der Waals surface area contributed by atoms with Crippen LogP contribution in [0.15, 0.2) is 36.5 Å². The number of halogens is 6. The van der Waals surface area contributed by atoms with Gasteiger partial charge in [0, 0.05) is 12.1 Å². The van der Waals surface area contributed by atoms with E-state index in [0.29, 0.717) is 12.5 Å². The standard InChI is InChI=1S/C22H16F6N4O3/c23-15-7-12(29-18(33)6-11-2-1-3-14(21(11)25)22(26,27)28)8-16(24)20(15)17-10-32(31-30-17)9-13-4-5-19(34)35-13/h1-3,7-8,10,13H,4-6,9H2,(H,29,33). The minimum absolute atomic E-state index is 0.145. The zero-order valence-corrected chi connectivity index (χ0v) is 17.7. The number of ether oxygens (including phenoxy) is 1. The zero-order valence-electron chi connectivity index (χ0n) is 17.7. The molecule has 0 aliphatic carbocycles. The Morgan fingerprint density at radius 3 is 2.51 bits per heavy atom. The first-order chi connectivity index (χ1) is 16.5. The molecule has 1 fully saturated rings. The number of carbonyl (C=O) groups is 2. The fraction of sp³-hybridized carbons (Fsp3) is 0.273. The van der Waals surface area contributed by atoms with Crippen LogP contribution in [0.3, 0.4) is 0 Å². The minimum atomic E-state index is -4.94. The Morgan fingerprint density at radius 2 is 1.89 bits per heavy atom. The third-order valence-corrected chi connectivity index (χ3v) is 5.22. The Morgan fingerprint density at radius 1 is 1.17 bits per heavy atom. The highest BCUT2D eigenvalue weighted by Gasteiger charge is 2.35. The van der Waals surface area contributed by atoms with Crippen molar-refractivity contribution in [3.8, 4) is 11.3 Å². The van der Waals surface area contributed by atoms with Gasteiger partial charge in [0.15, 0.2) is 0 Å². The van der Waals surface area contributed by atoms with Crippen LogP contribution in [0.4, 0.5) is 32.0 Å². The highest BCUT2D eigenvalue weighted by atomic mass is 19.4. The van der Waals surface area contributed by atoms with Gasteiger partial charge in [-0.3, -0.25) is 9.59 Å². The highest BCUT2D eigenvalue weighted by Crippen LogP contribution is 2.33. The van der Waals surface area contributed by atoms with Crippen LogP contribution in [0.2, 0.25) is 0 Å². The second-order valence-corrected chi connectivity index (χ2v) is 7.79. The Balaban J connectivity index is 1.47. The molecule has 35 heavy (non-hydrogen) atoms. The molecule has 0 bridgehead atoms. The summed E-state index contributed by atoms with van der Waals surface area (Å²) in [5.41, 5.74) is -3.05. The molecule has 1 N–H and O–H groups in total. The Hall–Kier alpha value is -3.90. The number of rotatable bonds is 6. The van der Waals surface area contributed by atoms with Gasteiger partial charge >= 0.3 is 12.1 Å². The summed E-state index contributed by atoms with van der Waals surface area (Å²) in [5, 5.41) is 9.63. The summed E-state index contributed by atoms with van der Waals surface area (Å²) in [6.45, 7) is 0.155. The number of hydrogen-bond donors (Lipinski definition) is 1. The maximum atomic E-state index is 14.7. The van der Waals surface area contributed by atoms with Gasteiger partial charge in [-0.15, -0.1) is 5.10 Å². The number of esters is 1. The summed E-state index contributed by atoms with van der Waals surface area (Å²) in [5.74, 6) is -5.11. The molecule has 2 heterocycles. The molecule has 0 radical (unpaired) electrons. The predicted molar refractivity (Wildman–Crippen MR) is 108 cm³/mol. The molecular formula is C22H16F6N4O3. The number of aromatic nitrogens is 3. The van der Waals surface area contributed by atoms with Crippen molar-refractivity contribution in [2.24, 2.45) is 0 Å². The number of amides is 1. The Kier molecular flexibility index (Phi) is 6.50. The topological polar surface area (TPSA) is 86.1 Å². The van der Waals surface area contributed by atoms with E-state index in [0.717, 1.165) is 24.3 Å². The zero-order chi connectivity index (χ0) is 25.3. The molecule has 1 aromatic heterocycles. The van der Waals surface area contributed by atoms with Crippen LogP contribution in [0, 0.1) is 17.5 Å². The lowest BCUT2D eigenvalue weighted by atomic mass is 10.1. The van der Waals surface area contributed by atoms with Crippen molar-refractivity contribution in [3.63, 3.8) is 0 Å². The molecule has 0 saturated carbocycles. The first kappa shape index (κ1) is 24.2. The highest BCUT2D eigenvalue weighted by molar-refractivity contribution is 5.92. The van der Waals surface area contributed by atoms with Crippen molar-refractivity contribution in [2.75, 3.05) is 5.32 Å². The molecule has 3 aromatic rings. The third-order valence-electron chi connectivity index (χ3n) is 5.22. The van der Waals surface area contributed by atoms with Crippen molar-refractivity contribution in [1.82, 2.24) is 15.0 Å². The van der Waals surface area contributed by atoms with E-state index in [1.54, 1.807) is 0 Å². The van der Waals surface area contributed by atoms with Gasteiger partial charge in [-0.25, -0.2) is 17.9 Å². The molecule has 1 aliphatic rings. The van der Waals surface area contributed by atoms with Gasteiger partial charge in [0.05, 0.1) is 30.3 Å². The number of anilines is 1. The summed E-state index contributed by atoms with van der Waals surface area (Å²) >= 11 is 0. The first-order valence-electron chi connectivity index (χ1n) is 10.2. The molecule has 7 nitrogen and oxygen atoms in total. The second kappa shape index (κ2) is 9.39. The van der Waals surface area contributed by atoms with Crippen molar-refractivity contribution in [3.05, 3.63) is 65.1 Å². The van der Waals surface area contributed by atoms with Gasteiger partial charge in [-0.05, 0) is 30.2 Å². The molecule has 1 unspecified atom stereocenters. The van der Waals surface area contributed by atoms with Crippen LogP contribution in [0.5, 0.6) is 0 Å². The normalized spacial score (nSPS) is 15.8. The van der Waals surface area contributed by atoms with E-state index in [1.807, 2.05) is 0 Å². The molecule has 1 aliphatic heterocycles. The number of nitrogens with one attached hydrogen (secondary N) is 1. The van der Waals surface area contributed by atoms with Crippen molar-refractivity contribution in [2.45, 2.75) is 38.1 Å². The molecule has 1 amide bonds. The second-order valence-electron chi connectivity index (χ2n) is 7.79. The third kappa shape index (κ3) is 5.44. The molecule has 4 rings (SSSR count). The van der Waals surface area contributed by atoms with Gasteiger partial charge in [-0.1, -0.05) is 17.3 Å². The van der Waals surface area contributed by atoms with Crippen molar-refractivity contribution < 1.29 is 40.7 Å². The van der Waals surface area contributed by atoms with Crippen LogP contribution in [-0.2, 0) is 33.5 Å². The lowest BCUT2D eigenvalue weighted by Crippen LogP contribution is -2.17. The van der Waals surface area contributed by atoms with Crippen LogP contribution in [0.1, 0.15) is 24.0 Å². The van der Waals surface area contributed by atoms with Gasteiger partial charge in [0.1, 0.15) is 29.2 Å². The monoisotopic (exact) mass is 498 g/mol. The quantitative estimate of drug-likeness (QED) is 0.405. The van der Waals surface area contributed by atoms with Gasteiger partial charge in [-0.2, -0.15) is 13.2 Å². The number of nitrogens with zero attached hydrogens (tertiary/aromatic N) is 3. The molecule has 2 aromatic carbocycles. The van der Waals surface area contributed by atoms with E-state index in [9.17, 15) is 35.9 Å². The fourth-order valence-electron chi connectivity index (χ4n) is 3.63. The Bertz CT molecular complexity index is 1270. The summed E-state index contributed by atoms with van der Waals surface area (Å²) < 4.78 is 88.3. The van der Waals surface area contributed by atoms with Crippen molar-refractivity contribution >= 4 is 17.6 Å². The number of carbonyl (C=O) groups excluding carboxylic acids is 2. The number of hydrogen-bond acceptors (Lipinski definition) is 5. The Labute approximate surface area is 193 Å². The van der Waals surface area contributed by atoms with E-state index < -0.39 is 58.8 Å². The first-order valence-corrected chi connectivity index (χ1v) is 10.2. The van der Waals surface area contributed by atoms with E-state index >= 15 is 0 Å². The van der Waals surface area contributed by atoms with Gasteiger partial charge in [0.25, 0.3) is 0 Å². The summed E-state index contributed by atoms with van der Waals surface area (Å²) in [6, 6.07) is 4.07. The average molecular weight is 498 g/mol. The molecule has 184 valence electrons. The van der Waals surface area contributed by atoms with E-state index in [1.165, 1.54) is 10.9 Å². The number of cyclic esters (lactones) is 1. The largest absolute Gasteiger partial charge is 0.460 e. The number of benzene rings is 2. The predicted octanol–water partition coefficient (Wildman–Crippen LogP) is 4.27. The van der Waals surface area contributed by atoms with Crippen molar-refractivity contribution in [1.29, 1.82) is 0 Å². The van der Waals surface area contributed by atoms with Gasteiger partial charge in [0.2, 0.25) is 5.91 Å². The summed E-state index contributed by atoms with van der Waals surface area (Å²) in [7, 11) is 0. The van der Waals surface area contributed by atoms with Gasteiger partial charge < -0.3 is 10.1 Å². The minimum Gasteiger partial charge on any atom is -0.460 e. The molecule has 0 spiro atoms. The van der Waals surface area contributed by atoms with Crippen LogP contribution < -0.4 is 5.32 Å². The summed E-state index contributed by atoms with van der Waals surface area (Å²) in [6.07, 6.45) is -4.14. The molecule has 13 heteroatoms. The molecular weight excluding hydrogens is 482 g/mol. The molecule has 1 saturated heterocycles.